The quantitative estimate of drug-likeness (QED) is 0.104. The van der Waals surface area contributed by atoms with Crippen LogP contribution in [0.15, 0.2) is 0 Å². The van der Waals surface area contributed by atoms with Crippen molar-refractivity contribution in [2.75, 3.05) is 20.3 Å². The number of aliphatic hydroxyl groups is 12. The van der Waals surface area contributed by atoms with Crippen LogP contribution >= 0.6 is 0 Å². The molecular weight excluding hydrogens is 716 g/mol. The van der Waals surface area contributed by atoms with Crippen LogP contribution in [0.2, 0.25) is 0 Å². The molecular formula is C33H56O20. The normalized spacial score (nSPS) is 55.4. The predicted molar refractivity (Wildman–Crippen MR) is 170 cm³/mol. The van der Waals surface area contributed by atoms with Gasteiger partial charge in [0.05, 0.1) is 62.0 Å². The minimum absolute atomic E-state index is 0.0717. The fraction of sp³-hybridized carbons (Fsp3) is 1.00. The summed E-state index contributed by atoms with van der Waals surface area (Å²) in [6.45, 7) is 0.457. The van der Waals surface area contributed by atoms with E-state index >= 15 is 0 Å². The molecule has 308 valence electrons. The van der Waals surface area contributed by atoms with Gasteiger partial charge in [0.15, 0.2) is 18.9 Å². The van der Waals surface area contributed by atoms with Crippen molar-refractivity contribution in [1.82, 2.24) is 0 Å². The highest BCUT2D eigenvalue weighted by atomic mass is 16.8. The highest BCUT2D eigenvalue weighted by molar-refractivity contribution is 5.01. The average molecular weight is 773 g/mol. The molecule has 4 saturated heterocycles. The molecule has 0 radical (unpaired) electrons. The third-order valence-electron chi connectivity index (χ3n) is 11.7. The molecule has 0 aromatic rings. The molecule has 20 nitrogen and oxygen atoms in total. The molecule has 2 saturated carbocycles. The van der Waals surface area contributed by atoms with Crippen LogP contribution in [-0.2, 0) is 37.9 Å². The second-order valence-corrected chi connectivity index (χ2v) is 15.4. The number of aliphatic hydroxyl groups excluding tert-OH is 12. The summed E-state index contributed by atoms with van der Waals surface area (Å²) in [6.07, 6.45) is -28.6. The first-order valence-electron chi connectivity index (χ1n) is 18.3. The Balaban J connectivity index is 1.27. The highest BCUT2D eigenvalue weighted by Crippen LogP contribution is 2.44. The lowest BCUT2D eigenvalue weighted by Gasteiger charge is -2.52. The summed E-state index contributed by atoms with van der Waals surface area (Å²) in [4.78, 5) is 0. The van der Waals surface area contributed by atoms with Crippen LogP contribution in [-0.4, -0.2) is 216 Å². The zero-order valence-electron chi connectivity index (χ0n) is 29.4. The van der Waals surface area contributed by atoms with Crippen molar-refractivity contribution in [2.45, 2.75) is 174 Å². The molecule has 6 aliphatic rings. The molecule has 0 bridgehead atoms. The molecule has 0 aromatic carbocycles. The number of hydrogen-bond acceptors (Lipinski definition) is 20. The van der Waals surface area contributed by atoms with Crippen molar-refractivity contribution in [3.05, 3.63) is 0 Å². The van der Waals surface area contributed by atoms with E-state index in [1.807, 2.05) is 0 Å². The van der Waals surface area contributed by atoms with Crippen LogP contribution in [0.4, 0.5) is 0 Å². The summed E-state index contributed by atoms with van der Waals surface area (Å²) in [5.74, 6) is -1.02. The molecule has 0 spiro atoms. The van der Waals surface area contributed by atoms with E-state index < -0.39 is 160 Å². The van der Waals surface area contributed by atoms with E-state index in [-0.39, 0.29) is 32.1 Å². The van der Waals surface area contributed by atoms with E-state index in [9.17, 15) is 61.3 Å². The van der Waals surface area contributed by atoms with Gasteiger partial charge in [-0.25, -0.2) is 0 Å². The van der Waals surface area contributed by atoms with Crippen LogP contribution in [0.3, 0.4) is 0 Å². The van der Waals surface area contributed by atoms with Gasteiger partial charge in [-0.05, 0) is 44.9 Å². The second kappa shape index (κ2) is 17.4. The Kier molecular flexibility index (Phi) is 13.7. The number of methoxy groups -OCH3 is 1. The molecule has 6 rings (SSSR count). The fourth-order valence-corrected chi connectivity index (χ4v) is 8.55. The molecule has 6 fully saturated rings. The topological polar surface area (TPSA) is 317 Å². The third-order valence-corrected chi connectivity index (χ3v) is 11.7. The number of ether oxygens (including phenoxy) is 8. The van der Waals surface area contributed by atoms with Gasteiger partial charge in [0, 0.05) is 13.0 Å². The minimum Gasteiger partial charge on any atom is -0.393 e. The SMILES string of the molecule is COC1CC(C2OC3CC(O)CC(O)C3CC2O[C@@H]2O[C@H](CO[C@@H]3O[C@@H](C)[C@H](O)[C@@H](O)[C@H]3O)[C@@H](O)[C@H](O)[C@H]2O[C@@H]2OC[C@@H](O)[C@H](O)[C@H]2O)CC(O)C1O. The number of fused-ring (bicyclic) bond motifs is 1. The second-order valence-electron chi connectivity index (χ2n) is 15.4. The molecule has 20 heteroatoms. The molecule has 24 atom stereocenters. The molecule has 0 amide bonds. The first kappa shape index (κ1) is 41.8. The van der Waals surface area contributed by atoms with E-state index in [1.165, 1.54) is 14.0 Å². The van der Waals surface area contributed by atoms with Crippen molar-refractivity contribution in [3.63, 3.8) is 0 Å². The Labute approximate surface area is 305 Å². The lowest BCUT2D eigenvalue weighted by molar-refractivity contribution is -0.376. The van der Waals surface area contributed by atoms with Gasteiger partial charge < -0.3 is 99.2 Å². The van der Waals surface area contributed by atoms with Crippen LogP contribution < -0.4 is 0 Å². The Hall–Kier alpha value is -0.800. The minimum atomic E-state index is -1.85. The standard InChI is InChI=1S/C33H56O20/c1-10-21(38)25(42)28(45)31(49-10)48-9-20-24(41)26(43)30(53-32-27(44)23(40)16(37)8-47-32)33(52-20)51-19-7-13-14(35)5-12(34)6-17(13)50-29(19)11-3-15(36)22(39)18(4-11)46-2/h10-45H,3-9H2,1-2H3/t10-,11?,12?,13?,14?,15?,16+,17?,18?,19?,20+,21-,22?,23-,24+,25+,26-,27+,28+,29?,30+,31+,32-,33+/m0/s1. The molecule has 10 unspecified atom stereocenters. The molecule has 4 aliphatic heterocycles. The van der Waals surface area contributed by atoms with Crippen LogP contribution in [0.25, 0.3) is 0 Å². The molecule has 4 heterocycles. The maximum absolute atomic E-state index is 11.5. The monoisotopic (exact) mass is 772 g/mol. The predicted octanol–water partition coefficient (Wildman–Crippen LogP) is -6.08. The summed E-state index contributed by atoms with van der Waals surface area (Å²) >= 11 is 0. The van der Waals surface area contributed by atoms with Gasteiger partial charge in [-0.2, -0.15) is 0 Å². The number of hydrogen-bond donors (Lipinski definition) is 12. The Morgan fingerprint density at radius 3 is 2.00 bits per heavy atom. The van der Waals surface area contributed by atoms with Crippen LogP contribution in [0.1, 0.15) is 39.0 Å². The lowest BCUT2D eigenvalue weighted by Crippen LogP contribution is -2.65. The largest absolute Gasteiger partial charge is 0.393 e. The summed E-state index contributed by atoms with van der Waals surface area (Å²) in [5, 5.41) is 127. The first-order valence-corrected chi connectivity index (χ1v) is 18.3. The summed E-state index contributed by atoms with van der Waals surface area (Å²) in [5.41, 5.74) is 0. The van der Waals surface area contributed by atoms with E-state index in [2.05, 4.69) is 0 Å². The maximum atomic E-state index is 11.5. The van der Waals surface area contributed by atoms with Crippen molar-refractivity contribution in [2.24, 2.45) is 11.8 Å². The Bertz CT molecular complexity index is 1170. The van der Waals surface area contributed by atoms with E-state index in [0.29, 0.717) is 0 Å². The molecule has 2 aliphatic carbocycles. The van der Waals surface area contributed by atoms with Crippen LogP contribution in [0.5, 0.6) is 0 Å². The van der Waals surface area contributed by atoms with Gasteiger partial charge in [-0.15, -0.1) is 0 Å². The Morgan fingerprint density at radius 1 is 0.566 bits per heavy atom. The maximum Gasteiger partial charge on any atom is 0.187 e. The number of rotatable bonds is 9. The van der Waals surface area contributed by atoms with E-state index in [4.69, 9.17) is 37.9 Å². The van der Waals surface area contributed by atoms with Gasteiger partial charge in [0.2, 0.25) is 0 Å². The summed E-state index contributed by atoms with van der Waals surface area (Å²) in [6, 6.07) is 0. The zero-order valence-corrected chi connectivity index (χ0v) is 29.4. The van der Waals surface area contributed by atoms with Gasteiger partial charge in [0.25, 0.3) is 0 Å². The smallest absolute Gasteiger partial charge is 0.187 e. The average Bonchev–Trinajstić information content (AvgIpc) is 3.12. The zero-order chi connectivity index (χ0) is 38.5. The van der Waals surface area contributed by atoms with Crippen LogP contribution in [0, 0.1) is 11.8 Å². The van der Waals surface area contributed by atoms with Gasteiger partial charge in [-0.3, -0.25) is 0 Å². The van der Waals surface area contributed by atoms with Gasteiger partial charge in [0.1, 0.15) is 67.1 Å². The van der Waals surface area contributed by atoms with Gasteiger partial charge in [-0.1, -0.05) is 0 Å². The summed E-state index contributed by atoms with van der Waals surface area (Å²) in [7, 11) is 1.40. The van der Waals surface area contributed by atoms with Crippen molar-refractivity contribution in [3.8, 4) is 0 Å². The van der Waals surface area contributed by atoms with E-state index in [0.717, 1.165) is 0 Å². The van der Waals surface area contributed by atoms with Crippen molar-refractivity contribution in [1.29, 1.82) is 0 Å². The molecule has 0 aromatic heterocycles. The van der Waals surface area contributed by atoms with Gasteiger partial charge >= 0.3 is 0 Å². The molecule has 12 N–H and O–H groups in total. The van der Waals surface area contributed by atoms with Crippen molar-refractivity contribution >= 4 is 0 Å². The first-order chi connectivity index (χ1) is 25.1. The lowest BCUT2D eigenvalue weighted by atomic mass is 9.72. The fourth-order valence-electron chi connectivity index (χ4n) is 8.55. The van der Waals surface area contributed by atoms with E-state index in [1.54, 1.807) is 0 Å². The van der Waals surface area contributed by atoms with Crippen molar-refractivity contribution < 1.29 is 99.2 Å². The Morgan fingerprint density at radius 2 is 1.28 bits per heavy atom. The molecule has 53 heavy (non-hydrogen) atoms. The third kappa shape index (κ3) is 8.72. The summed E-state index contributed by atoms with van der Waals surface area (Å²) < 4.78 is 47.1. The highest BCUT2D eigenvalue weighted by Gasteiger charge is 2.55.